The molecule has 0 aromatic heterocycles. The molecule has 4 nitrogen and oxygen atoms in total. The fourth-order valence-corrected chi connectivity index (χ4v) is 4.97. The molecule has 0 aliphatic carbocycles. The predicted molar refractivity (Wildman–Crippen MR) is 129 cm³/mol. The van der Waals surface area contributed by atoms with E-state index in [4.69, 9.17) is 4.43 Å². The highest BCUT2D eigenvalue weighted by atomic mass is 28.4. The molecule has 5 heteroatoms. The van der Waals surface area contributed by atoms with Gasteiger partial charge in [-0.1, -0.05) is 64.1 Å². The summed E-state index contributed by atoms with van der Waals surface area (Å²) in [5.74, 6) is 0.255. The van der Waals surface area contributed by atoms with Crippen LogP contribution < -0.4 is 10.2 Å². The summed E-state index contributed by atoms with van der Waals surface area (Å²) in [4.78, 5) is 14.7. The lowest BCUT2D eigenvalue weighted by molar-refractivity contribution is -0.117. The van der Waals surface area contributed by atoms with Gasteiger partial charge in [0.05, 0.1) is 18.7 Å². The molecule has 2 aromatic rings. The van der Waals surface area contributed by atoms with Gasteiger partial charge >= 0.3 is 0 Å². The van der Waals surface area contributed by atoms with Crippen LogP contribution in [0, 0.1) is 5.92 Å². The summed E-state index contributed by atoms with van der Waals surface area (Å²) >= 11 is 0. The van der Waals surface area contributed by atoms with Crippen LogP contribution >= 0.6 is 0 Å². The molecule has 3 rings (SSSR count). The van der Waals surface area contributed by atoms with Gasteiger partial charge < -0.3 is 14.6 Å². The molecule has 1 aliphatic rings. The second-order valence-corrected chi connectivity index (χ2v) is 14.7. The molecule has 0 bridgehead atoms. The summed E-state index contributed by atoms with van der Waals surface area (Å²) in [6.07, 6.45) is 0. The predicted octanol–water partition coefficient (Wildman–Crippen LogP) is 6.23. The fourth-order valence-electron chi connectivity index (χ4n) is 3.95. The van der Waals surface area contributed by atoms with Crippen LogP contribution in [0.3, 0.4) is 0 Å². The average molecular weight is 425 g/mol. The van der Waals surface area contributed by atoms with E-state index >= 15 is 0 Å². The zero-order valence-electron chi connectivity index (χ0n) is 19.4. The van der Waals surface area contributed by atoms with E-state index in [-0.39, 0.29) is 28.9 Å². The Morgan fingerprint density at radius 2 is 1.67 bits per heavy atom. The molecule has 1 unspecified atom stereocenters. The van der Waals surface area contributed by atoms with Gasteiger partial charge in [-0.25, -0.2) is 0 Å². The molecule has 1 amide bonds. The molecule has 3 atom stereocenters. The van der Waals surface area contributed by atoms with E-state index in [1.54, 1.807) is 6.92 Å². The minimum absolute atomic E-state index is 0.0206. The van der Waals surface area contributed by atoms with Crippen molar-refractivity contribution in [2.45, 2.75) is 64.8 Å². The fraction of sp³-hybridized carbons (Fsp3) is 0.480. The molecular formula is C25H36N2O2Si. The van der Waals surface area contributed by atoms with Gasteiger partial charge in [-0.3, -0.25) is 4.79 Å². The van der Waals surface area contributed by atoms with Crippen LogP contribution in [0.25, 0.3) is 0 Å². The van der Waals surface area contributed by atoms with Crippen molar-refractivity contribution in [3.05, 3.63) is 60.2 Å². The van der Waals surface area contributed by atoms with Crippen molar-refractivity contribution in [3.8, 4) is 0 Å². The van der Waals surface area contributed by atoms with Gasteiger partial charge in [0.1, 0.15) is 0 Å². The SMILES string of the molecule is CC(=O)N1c2ccccc2C(Nc2ccccc2)[C@@H](C)[C@@H]1CO[Si](C)(C)C(C)(C)C. The van der Waals surface area contributed by atoms with Crippen LogP contribution in [0.2, 0.25) is 18.1 Å². The number of carbonyl (C=O) groups is 1. The molecule has 2 aromatic carbocycles. The number of nitrogens with zero attached hydrogens (tertiary/aromatic N) is 1. The van der Waals surface area contributed by atoms with Gasteiger partial charge in [-0.2, -0.15) is 0 Å². The van der Waals surface area contributed by atoms with E-state index in [9.17, 15) is 4.79 Å². The maximum atomic E-state index is 12.8. The van der Waals surface area contributed by atoms with Crippen LogP contribution in [0.5, 0.6) is 0 Å². The lowest BCUT2D eigenvalue weighted by Crippen LogP contribution is -2.54. The van der Waals surface area contributed by atoms with Crippen LogP contribution in [0.15, 0.2) is 54.6 Å². The summed E-state index contributed by atoms with van der Waals surface area (Å²) in [6, 6.07) is 18.6. The summed E-state index contributed by atoms with van der Waals surface area (Å²) in [6.45, 7) is 15.7. The van der Waals surface area contributed by atoms with Gasteiger partial charge in [0.2, 0.25) is 5.91 Å². The van der Waals surface area contributed by atoms with Crippen molar-refractivity contribution in [2.24, 2.45) is 5.92 Å². The third-order valence-corrected chi connectivity index (χ3v) is 11.4. The molecule has 0 saturated heterocycles. The van der Waals surface area contributed by atoms with Crippen molar-refractivity contribution in [1.82, 2.24) is 0 Å². The van der Waals surface area contributed by atoms with E-state index in [1.165, 1.54) is 0 Å². The summed E-state index contributed by atoms with van der Waals surface area (Å²) in [5.41, 5.74) is 3.23. The molecule has 1 N–H and O–H groups in total. The number of anilines is 2. The average Bonchev–Trinajstić information content (AvgIpc) is 2.68. The standard InChI is InChI=1S/C25H36N2O2Si/c1-18-23(17-29-30(6,7)25(3,4)5)27(19(2)28)22-16-12-11-15-21(22)24(18)26-20-13-9-8-10-14-20/h8-16,18,23-24,26H,17H2,1-7H3/t18-,23-,24?/m0/s1. The highest BCUT2D eigenvalue weighted by molar-refractivity contribution is 6.74. The van der Waals surface area contributed by atoms with Gasteiger partial charge in [-0.15, -0.1) is 0 Å². The Labute approximate surface area is 182 Å². The lowest BCUT2D eigenvalue weighted by Gasteiger charge is -2.47. The largest absolute Gasteiger partial charge is 0.415 e. The zero-order chi connectivity index (χ0) is 22.1. The highest BCUT2D eigenvalue weighted by Gasteiger charge is 2.43. The highest BCUT2D eigenvalue weighted by Crippen LogP contribution is 2.44. The summed E-state index contributed by atoms with van der Waals surface area (Å²) in [5, 5.41) is 3.85. The molecular weight excluding hydrogens is 388 g/mol. The van der Waals surface area contributed by atoms with E-state index in [0.29, 0.717) is 6.61 Å². The second-order valence-electron chi connectivity index (χ2n) is 9.93. The van der Waals surface area contributed by atoms with Gasteiger partial charge in [0.25, 0.3) is 0 Å². The first-order chi connectivity index (χ1) is 14.0. The Morgan fingerprint density at radius 3 is 2.27 bits per heavy atom. The Balaban J connectivity index is 1.98. The summed E-state index contributed by atoms with van der Waals surface area (Å²) < 4.78 is 6.62. The minimum Gasteiger partial charge on any atom is -0.415 e. The number of amides is 1. The minimum atomic E-state index is -1.93. The van der Waals surface area contributed by atoms with E-state index in [1.807, 2.05) is 29.2 Å². The van der Waals surface area contributed by atoms with Crippen LogP contribution in [-0.2, 0) is 9.22 Å². The third kappa shape index (κ3) is 4.47. The first kappa shape index (κ1) is 22.6. The number of hydrogen-bond donors (Lipinski definition) is 1. The van der Waals surface area contributed by atoms with Crippen LogP contribution in [-0.4, -0.2) is 26.9 Å². The zero-order valence-corrected chi connectivity index (χ0v) is 20.4. The molecule has 0 spiro atoms. The maximum Gasteiger partial charge on any atom is 0.224 e. The van der Waals surface area contributed by atoms with Crippen molar-refractivity contribution in [2.75, 3.05) is 16.8 Å². The maximum absolute atomic E-state index is 12.8. The van der Waals surface area contributed by atoms with Gasteiger partial charge in [0, 0.05) is 24.2 Å². The van der Waals surface area contributed by atoms with Gasteiger partial charge in [0.15, 0.2) is 8.32 Å². The molecule has 30 heavy (non-hydrogen) atoms. The van der Waals surface area contributed by atoms with Crippen molar-refractivity contribution in [1.29, 1.82) is 0 Å². The van der Waals surface area contributed by atoms with E-state index in [2.05, 4.69) is 76.4 Å². The molecule has 1 aliphatic heterocycles. The van der Waals surface area contributed by atoms with E-state index < -0.39 is 8.32 Å². The number of rotatable bonds is 5. The molecule has 0 saturated carbocycles. The molecule has 1 heterocycles. The number of benzene rings is 2. The van der Waals surface area contributed by atoms with Crippen LogP contribution in [0.1, 0.15) is 46.2 Å². The van der Waals surface area contributed by atoms with Crippen molar-refractivity contribution < 1.29 is 9.22 Å². The number of fused-ring (bicyclic) bond motifs is 1. The van der Waals surface area contributed by atoms with Crippen molar-refractivity contribution >= 4 is 25.6 Å². The Kier molecular flexibility index (Phi) is 6.44. The quantitative estimate of drug-likeness (QED) is 0.578. The Hall–Kier alpha value is -2.11. The number of carbonyl (C=O) groups excluding carboxylic acids is 1. The second kappa shape index (κ2) is 8.56. The normalized spacial score (nSPS) is 21.8. The Morgan fingerprint density at radius 1 is 1.07 bits per heavy atom. The van der Waals surface area contributed by atoms with Gasteiger partial charge in [-0.05, 0) is 41.9 Å². The first-order valence-electron chi connectivity index (χ1n) is 10.9. The first-order valence-corrected chi connectivity index (χ1v) is 13.8. The van der Waals surface area contributed by atoms with E-state index in [0.717, 1.165) is 16.9 Å². The number of para-hydroxylation sites is 2. The summed E-state index contributed by atoms with van der Waals surface area (Å²) in [7, 11) is -1.93. The van der Waals surface area contributed by atoms with Crippen molar-refractivity contribution in [3.63, 3.8) is 0 Å². The van der Waals surface area contributed by atoms with Crippen LogP contribution in [0.4, 0.5) is 11.4 Å². The topological polar surface area (TPSA) is 41.6 Å². The molecule has 0 radical (unpaired) electrons. The molecule has 162 valence electrons. The number of hydrogen-bond acceptors (Lipinski definition) is 3. The number of nitrogens with one attached hydrogen (secondary N) is 1. The monoisotopic (exact) mass is 424 g/mol. The Bertz CT molecular complexity index is 876. The lowest BCUT2D eigenvalue weighted by atomic mass is 9.82. The smallest absolute Gasteiger partial charge is 0.224 e. The third-order valence-electron chi connectivity index (χ3n) is 6.85. The molecule has 0 fully saturated rings.